The lowest BCUT2D eigenvalue weighted by molar-refractivity contribution is -0.143. The van der Waals surface area contributed by atoms with Crippen LogP contribution in [0.2, 0.25) is 0 Å². The maximum Gasteiger partial charge on any atom is 0.248 e. The van der Waals surface area contributed by atoms with Crippen molar-refractivity contribution in [3.63, 3.8) is 0 Å². The zero-order valence-corrected chi connectivity index (χ0v) is 17.5. The van der Waals surface area contributed by atoms with Crippen LogP contribution in [0.1, 0.15) is 33.3 Å². The van der Waals surface area contributed by atoms with E-state index in [0.717, 1.165) is 22.8 Å². The van der Waals surface area contributed by atoms with Crippen LogP contribution < -0.4 is 10.1 Å². The van der Waals surface area contributed by atoms with Gasteiger partial charge < -0.3 is 4.74 Å². The van der Waals surface area contributed by atoms with E-state index >= 15 is 0 Å². The average Bonchev–Trinajstić information content (AvgIpc) is 2.88. The zero-order valence-electron chi connectivity index (χ0n) is 16.7. The van der Waals surface area contributed by atoms with Crippen LogP contribution in [0.5, 0.6) is 11.5 Å². The Labute approximate surface area is 171 Å². The molecule has 0 spiro atoms. The fourth-order valence-electron chi connectivity index (χ4n) is 3.82. The van der Waals surface area contributed by atoms with E-state index in [-0.39, 0.29) is 22.1 Å². The van der Waals surface area contributed by atoms with Gasteiger partial charge >= 0.3 is 0 Å². The summed E-state index contributed by atoms with van der Waals surface area (Å²) in [6.07, 6.45) is 0. The van der Waals surface area contributed by atoms with E-state index in [1.807, 2.05) is 53.4 Å². The normalized spacial score (nSPS) is 23.4. The van der Waals surface area contributed by atoms with Crippen LogP contribution in [-0.2, 0) is 10.3 Å². The highest BCUT2D eigenvalue weighted by Crippen LogP contribution is 2.52. The van der Waals surface area contributed by atoms with Crippen LogP contribution in [0, 0.1) is 0 Å². The summed E-state index contributed by atoms with van der Waals surface area (Å²) in [6.45, 7) is 12.6. The molecule has 1 amide bonds. The van der Waals surface area contributed by atoms with Gasteiger partial charge in [0.2, 0.25) is 5.91 Å². The van der Waals surface area contributed by atoms with Crippen molar-refractivity contribution in [2.24, 2.45) is 0 Å². The third kappa shape index (κ3) is 3.12. The highest BCUT2D eigenvalue weighted by molar-refractivity contribution is 8.01. The van der Waals surface area contributed by atoms with Crippen LogP contribution >= 0.6 is 11.8 Å². The van der Waals surface area contributed by atoms with Crippen LogP contribution in [0.3, 0.4) is 0 Å². The average molecular weight is 395 g/mol. The molecule has 0 saturated carbocycles. The van der Waals surface area contributed by atoms with Crippen molar-refractivity contribution < 1.29 is 9.53 Å². The number of carbonyl (C=O) groups excluding carboxylic acids is 1. The maximum atomic E-state index is 12.8. The molecule has 0 bridgehead atoms. The summed E-state index contributed by atoms with van der Waals surface area (Å²) < 4.78 is 6.02. The van der Waals surface area contributed by atoms with Crippen molar-refractivity contribution in [2.75, 3.05) is 0 Å². The molecule has 2 aromatic carbocycles. The summed E-state index contributed by atoms with van der Waals surface area (Å²) >= 11 is 1.79. The number of rotatable bonds is 5. The summed E-state index contributed by atoms with van der Waals surface area (Å²) in [6, 6.07) is 17.5. The number of benzene rings is 2. The molecule has 5 heteroatoms. The van der Waals surface area contributed by atoms with Crippen LogP contribution in [-0.4, -0.2) is 27.0 Å². The number of hydrogen-bond acceptors (Lipinski definition) is 4. The molecule has 2 heterocycles. The largest absolute Gasteiger partial charge is 0.457 e. The quantitative estimate of drug-likeness (QED) is 0.734. The molecule has 0 unspecified atom stereocenters. The van der Waals surface area contributed by atoms with Crippen molar-refractivity contribution in [3.05, 3.63) is 72.4 Å². The fraction of sp³-hybridized carbons (Fsp3) is 0.348. The minimum absolute atomic E-state index is 0.0940. The summed E-state index contributed by atoms with van der Waals surface area (Å²) in [5.41, 5.74) is 1.48. The molecule has 0 aromatic heterocycles. The van der Waals surface area contributed by atoms with Gasteiger partial charge in [0, 0.05) is 16.8 Å². The highest BCUT2D eigenvalue weighted by atomic mass is 32.2. The van der Waals surface area contributed by atoms with Gasteiger partial charge in [0.25, 0.3) is 0 Å². The SMILES string of the molecule is C=C1N2C(=O)[C@@H](NC(C)(C)c3ccccc3Oc3ccccc3)[C@H]2SC1(C)C. The number of nitrogens with one attached hydrogen (secondary N) is 1. The molecule has 2 saturated heterocycles. The lowest BCUT2D eigenvalue weighted by Crippen LogP contribution is -2.68. The van der Waals surface area contributed by atoms with E-state index in [2.05, 4.69) is 45.7 Å². The topological polar surface area (TPSA) is 41.6 Å². The Morgan fingerprint density at radius 2 is 1.75 bits per heavy atom. The van der Waals surface area contributed by atoms with E-state index in [0.29, 0.717) is 0 Å². The van der Waals surface area contributed by atoms with Crippen LogP contribution in [0.4, 0.5) is 0 Å². The number of amides is 1. The Hall–Kier alpha value is -2.24. The van der Waals surface area contributed by atoms with Gasteiger partial charge in [0.1, 0.15) is 22.9 Å². The van der Waals surface area contributed by atoms with E-state index < -0.39 is 5.54 Å². The number of carbonyl (C=O) groups is 1. The summed E-state index contributed by atoms with van der Waals surface area (Å²) in [7, 11) is 0. The smallest absolute Gasteiger partial charge is 0.248 e. The number of nitrogens with zero attached hydrogens (tertiary/aromatic N) is 1. The van der Waals surface area contributed by atoms with Crippen molar-refractivity contribution in [3.8, 4) is 11.5 Å². The molecule has 0 radical (unpaired) electrons. The number of fused-ring (bicyclic) bond motifs is 1. The molecule has 2 aromatic rings. The predicted octanol–water partition coefficient (Wildman–Crippen LogP) is 4.88. The number of thioether (sulfide) groups is 1. The van der Waals surface area contributed by atoms with Crippen LogP contribution in [0.15, 0.2) is 66.9 Å². The molecule has 2 aliphatic rings. The Morgan fingerprint density at radius 1 is 1.11 bits per heavy atom. The third-order valence-electron chi connectivity index (χ3n) is 5.49. The van der Waals surface area contributed by atoms with Gasteiger partial charge in [0.15, 0.2) is 0 Å². The first-order valence-corrected chi connectivity index (χ1v) is 10.4. The highest BCUT2D eigenvalue weighted by Gasteiger charge is 2.59. The Bertz CT molecular complexity index is 923. The summed E-state index contributed by atoms with van der Waals surface area (Å²) in [5, 5.41) is 3.68. The molecular weight excluding hydrogens is 368 g/mol. The molecule has 2 fully saturated rings. The Kier molecular flexibility index (Phi) is 4.55. The van der Waals surface area contributed by atoms with Gasteiger partial charge in [-0.2, -0.15) is 0 Å². The number of ether oxygens (including phenoxy) is 1. The molecule has 4 nitrogen and oxygen atoms in total. The second-order valence-corrected chi connectivity index (χ2v) is 10.1. The number of para-hydroxylation sites is 2. The van der Waals surface area contributed by atoms with Crippen molar-refractivity contribution in [1.82, 2.24) is 10.2 Å². The lowest BCUT2D eigenvalue weighted by Gasteiger charge is -2.46. The molecular formula is C23H26N2O2S. The molecule has 2 atom stereocenters. The first-order chi connectivity index (χ1) is 13.2. The monoisotopic (exact) mass is 394 g/mol. The van der Waals surface area contributed by atoms with Crippen molar-refractivity contribution in [2.45, 2.75) is 49.4 Å². The van der Waals surface area contributed by atoms with Crippen LogP contribution in [0.25, 0.3) is 0 Å². The minimum atomic E-state index is -0.438. The van der Waals surface area contributed by atoms with Gasteiger partial charge in [-0.1, -0.05) is 43.0 Å². The van der Waals surface area contributed by atoms with E-state index in [4.69, 9.17) is 4.74 Å². The third-order valence-corrected chi connectivity index (χ3v) is 7.04. The Balaban J connectivity index is 1.57. The minimum Gasteiger partial charge on any atom is -0.457 e. The van der Waals surface area contributed by atoms with E-state index in [1.165, 1.54) is 0 Å². The molecule has 1 N–H and O–H groups in total. The maximum absolute atomic E-state index is 12.8. The van der Waals surface area contributed by atoms with Gasteiger partial charge in [0.05, 0.1) is 4.75 Å². The van der Waals surface area contributed by atoms with E-state index in [9.17, 15) is 4.79 Å². The molecule has 2 aliphatic heterocycles. The summed E-state index contributed by atoms with van der Waals surface area (Å²) in [4.78, 5) is 14.6. The number of hydrogen-bond donors (Lipinski definition) is 1. The lowest BCUT2D eigenvalue weighted by atomic mass is 9.90. The summed E-state index contributed by atoms with van der Waals surface area (Å²) in [5.74, 6) is 1.68. The zero-order chi connectivity index (χ0) is 20.1. The predicted molar refractivity (Wildman–Crippen MR) is 114 cm³/mol. The van der Waals surface area contributed by atoms with Gasteiger partial charge in [-0.05, 0) is 45.9 Å². The van der Waals surface area contributed by atoms with E-state index in [1.54, 1.807) is 11.8 Å². The van der Waals surface area contributed by atoms with Gasteiger partial charge in [-0.3, -0.25) is 15.0 Å². The second-order valence-electron chi connectivity index (χ2n) is 8.33. The van der Waals surface area contributed by atoms with Crippen molar-refractivity contribution >= 4 is 17.7 Å². The number of β-lactam (4-membered cyclic amide) rings is 1. The van der Waals surface area contributed by atoms with Gasteiger partial charge in [-0.15, -0.1) is 11.8 Å². The Morgan fingerprint density at radius 3 is 2.46 bits per heavy atom. The first-order valence-electron chi connectivity index (χ1n) is 9.51. The molecule has 4 rings (SSSR count). The molecule has 146 valence electrons. The van der Waals surface area contributed by atoms with Gasteiger partial charge in [-0.25, -0.2) is 0 Å². The molecule has 28 heavy (non-hydrogen) atoms. The fourth-order valence-corrected chi connectivity index (χ4v) is 5.31. The van der Waals surface area contributed by atoms with Crippen molar-refractivity contribution in [1.29, 1.82) is 0 Å². The molecule has 0 aliphatic carbocycles. The second kappa shape index (κ2) is 6.68. The first kappa shape index (κ1) is 19.1. The standard InChI is InChI=1S/C23H26N2O2S/c1-15-23(4,5)28-21-19(20(26)25(15)21)24-22(2,3)17-13-9-10-14-18(17)27-16-11-7-6-8-12-16/h6-14,19,21,24H,1H2,2-5H3/t19-,21-/m1/s1.